The van der Waals surface area contributed by atoms with Crippen molar-refractivity contribution in [2.24, 2.45) is 23.7 Å². The van der Waals surface area contributed by atoms with Gasteiger partial charge < -0.3 is 0 Å². The summed E-state index contributed by atoms with van der Waals surface area (Å²) in [5.74, 6) is 3.46. The predicted molar refractivity (Wildman–Crippen MR) is 83.0 cm³/mol. The summed E-state index contributed by atoms with van der Waals surface area (Å²) in [4.78, 5) is 0. The lowest BCUT2D eigenvalue weighted by atomic mass is 9.67. The second-order valence-corrected chi connectivity index (χ2v) is 7.03. The molecule has 0 aromatic heterocycles. The highest BCUT2D eigenvalue weighted by atomic mass is 14.4. The minimum absolute atomic E-state index is 0.821. The van der Waals surface area contributed by atoms with E-state index in [0.717, 1.165) is 23.7 Å². The standard InChI is InChI=1S/C19H26/c1-13(2)18-9-8-14(3)10-19(18)17-11-15-6-4-5-7-16(15)12-17/h4-7,11,13-14,18-19H,8-10,12H2,1-3H3/t14-,18+,19+/m1/s1. The highest BCUT2D eigenvalue weighted by molar-refractivity contribution is 5.64. The Kier molecular flexibility index (Phi) is 3.52. The van der Waals surface area contributed by atoms with Crippen LogP contribution >= 0.6 is 0 Å². The lowest BCUT2D eigenvalue weighted by Crippen LogP contribution is -2.29. The van der Waals surface area contributed by atoms with Crippen LogP contribution in [0.4, 0.5) is 0 Å². The minimum atomic E-state index is 0.821. The average molecular weight is 254 g/mol. The molecule has 3 atom stereocenters. The Bertz CT molecular complexity index is 481. The lowest BCUT2D eigenvalue weighted by Gasteiger charge is -2.38. The van der Waals surface area contributed by atoms with Crippen LogP contribution in [-0.2, 0) is 6.42 Å². The van der Waals surface area contributed by atoms with Crippen LogP contribution in [0.1, 0.15) is 51.2 Å². The molecule has 0 nitrogen and oxygen atoms in total. The molecule has 0 unspecified atom stereocenters. The SMILES string of the molecule is CC(C)[C@@H]1CC[C@@H](C)C[C@H]1C1=Cc2ccccc2C1. The number of rotatable bonds is 2. The molecule has 0 bridgehead atoms. The van der Waals surface area contributed by atoms with Gasteiger partial charge in [0.05, 0.1) is 0 Å². The zero-order chi connectivity index (χ0) is 13.4. The van der Waals surface area contributed by atoms with Gasteiger partial charge in [-0.1, -0.05) is 63.1 Å². The number of fused-ring (bicyclic) bond motifs is 1. The largest absolute Gasteiger partial charge is 0.0625 e. The van der Waals surface area contributed by atoms with E-state index in [0.29, 0.717) is 0 Å². The van der Waals surface area contributed by atoms with Crippen molar-refractivity contribution < 1.29 is 0 Å². The Labute approximate surface area is 117 Å². The predicted octanol–water partition coefficient (Wildman–Crippen LogP) is 5.33. The van der Waals surface area contributed by atoms with Gasteiger partial charge in [0.25, 0.3) is 0 Å². The quantitative estimate of drug-likeness (QED) is 0.668. The molecule has 0 aliphatic heterocycles. The Balaban J connectivity index is 1.85. The highest BCUT2D eigenvalue weighted by Crippen LogP contribution is 2.44. The van der Waals surface area contributed by atoms with Crippen LogP contribution in [-0.4, -0.2) is 0 Å². The molecule has 0 radical (unpaired) electrons. The Hall–Kier alpha value is -1.04. The summed E-state index contributed by atoms with van der Waals surface area (Å²) in [6, 6.07) is 8.93. The van der Waals surface area contributed by atoms with Crippen molar-refractivity contribution in [2.45, 2.75) is 46.5 Å². The zero-order valence-electron chi connectivity index (χ0n) is 12.5. The van der Waals surface area contributed by atoms with Crippen LogP contribution < -0.4 is 0 Å². The molecule has 0 spiro atoms. The van der Waals surface area contributed by atoms with Gasteiger partial charge in [0.2, 0.25) is 0 Å². The summed E-state index contributed by atoms with van der Waals surface area (Å²) in [7, 11) is 0. The fourth-order valence-electron chi connectivity index (χ4n) is 4.17. The third-order valence-electron chi connectivity index (χ3n) is 5.29. The summed E-state index contributed by atoms with van der Waals surface area (Å²) in [5.41, 5.74) is 4.72. The average Bonchev–Trinajstić information content (AvgIpc) is 2.81. The smallest absolute Gasteiger partial charge is 0.00549 e. The van der Waals surface area contributed by atoms with Crippen LogP contribution in [0.2, 0.25) is 0 Å². The maximum Gasteiger partial charge on any atom is -0.00549 e. The second-order valence-electron chi connectivity index (χ2n) is 7.03. The second kappa shape index (κ2) is 5.15. The lowest BCUT2D eigenvalue weighted by molar-refractivity contribution is 0.169. The van der Waals surface area contributed by atoms with Gasteiger partial charge in [-0.15, -0.1) is 0 Å². The Morgan fingerprint density at radius 3 is 2.63 bits per heavy atom. The third-order valence-corrected chi connectivity index (χ3v) is 5.29. The molecule has 1 fully saturated rings. The fourth-order valence-corrected chi connectivity index (χ4v) is 4.17. The molecule has 1 aromatic rings. The van der Waals surface area contributed by atoms with E-state index in [1.54, 1.807) is 11.1 Å². The highest BCUT2D eigenvalue weighted by Gasteiger charge is 2.34. The molecule has 0 N–H and O–H groups in total. The molecule has 2 aliphatic rings. The molecular weight excluding hydrogens is 228 g/mol. The maximum atomic E-state index is 2.49. The molecule has 102 valence electrons. The molecule has 1 saturated carbocycles. The van der Waals surface area contributed by atoms with Gasteiger partial charge in [0.1, 0.15) is 0 Å². The Morgan fingerprint density at radius 2 is 1.89 bits per heavy atom. The summed E-state index contributed by atoms with van der Waals surface area (Å²) >= 11 is 0. The van der Waals surface area contributed by atoms with Crippen molar-refractivity contribution in [3.63, 3.8) is 0 Å². The van der Waals surface area contributed by atoms with Crippen molar-refractivity contribution in [3.8, 4) is 0 Å². The van der Waals surface area contributed by atoms with Crippen molar-refractivity contribution >= 4 is 6.08 Å². The first-order valence-corrected chi connectivity index (χ1v) is 7.93. The maximum absolute atomic E-state index is 2.49. The van der Waals surface area contributed by atoms with E-state index < -0.39 is 0 Å². The van der Waals surface area contributed by atoms with Gasteiger partial charge >= 0.3 is 0 Å². The van der Waals surface area contributed by atoms with Gasteiger partial charge in [-0.05, 0) is 54.1 Å². The normalized spacial score (nSPS) is 30.3. The molecule has 2 aliphatic carbocycles. The summed E-state index contributed by atoms with van der Waals surface area (Å²) < 4.78 is 0. The van der Waals surface area contributed by atoms with E-state index >= 15 is 0 Å². The van der Waals surface area contributed by atoms with Crippen molar-refractivity contribution in [1.82, 2.24) is 0 Å². The molecular formula is C19H26. The molecule has 0 amide bonds. The number of allylic oxidation sites excluding steroid dienone is 1. The topological polar surface area (TPSA) is 0 Å². The zero-order valence-corrected chi connectivity index (χ0v) is 12.5. The Morgan fingerprint density at radius 1 is 1.11 bits per heavy atom. The van der Waals surface area contributed by atoms with Crippen LogP contribution in [0.15, 0.2) is 29.8 Å². The van der Waals surface area contributed by atoms with Crippen LogP contribution in [0.25, 0.3) is 6.08 Å². The van der Waals surface area contributed by atoms with Gasteiger partial charge in [-0.2, -0.15) is 0 Å². The number of hydrogen-bond acceptors (Lipinski definition) is 0. The van der Waals surface area contributed by atoms with E-state index in [-0.39, 0.29) is 0 Å². The summed E-state index contributed by atoms with van der Waals surface area (Å²) in [5, 5.41) is 0. The molecule has 1 aromatic carbocycles. The monoisotopic (exact) mass is 254 g/mol. The van der Waals surface area contributed by atoms with Crippen molar-refractivity contribution in [2.75, 3.05) is 0 Å². The van der Waals surface area contributed by atoms with Gasteiger partial charge in [-0.25, -0.2) is 0 Å². The van der Waals surface area contributed by atoms with Crippen molar-refractivity contribution in [3.05, 3.63) is 41.0 Å². The van der Waals surface area contributed by atoms with E-state index in [1.165, 1.54) is 31.2 Å². The molecule has 0 saturated heterocycles. The van der Waals surface area contributed by atoms with Gasteiger partial charge in [0.15, 0.2) is 0 Å². The van der Waals surface area contributed by atoms with E-state index in [2.05, 4.69) is 51.1 Å². The first-order chi connectivity index (χ1) is 9.15. The summed E-state index contributed by atoms with van der Waals surface area (Å²) in [6.45, 7) is 7.26. The minimum Gasteiger partial charge on any atom is -0.0625 e. The first-order valence-electron chi connectivity index (χ1n) is 7.93. The molecule has 0 heteroatoms. The molecule has 3 rings (SSSR count). The van der Waals surface area contributed by atoms with E-state index in [1.807, 2.05) is 0 Å². The first kappa shape index (κ1) is 13.0. The number of hydrogen-bond donors (Lipinski definition) is 0. The third kappa shape index (κ3) is 2.50. The van der Waals surface area contributed by atoms with Crippen molar-refractivity contribution in [1.29, 1.82) is 0 Å². The van der Waals surface area contributed by atoms with Crippen LogP contribution in [0.5, 0.6) is 0 Å². The van der Waals surface area contributed by atoms with E-state index in [4.69, 9.17) is 0 Å². The summed E-state index contributed by atoms with van der Waals surface area (Å²) in [6.07, 6.45) is 7.96. The number of benzene rings is 1. The fraction of sp³-hybridized carbons (Fsp3) is 0.579. The molecule has 0 heterocycles. The van der Waals surface area contributed by atoms with E-state index in [9.17, 15) is 0 Å². The molecule has 19 heavy (non-hydrogen) atoms. The van der Waals surface area contributed by atoms with Gasteiger partial charge in [0, 0.05) is 0 Å². The van der Waals surface area contributed by atoms with Crippen LogP contribution in [0.3, 0.4) is 0 Å². The van der Waals surface area contributed by atoms with Crippen LogP contribution in [0, 0.1) is 23.7 Å². The van der Waals surface area contributed by atoms with Gasteiger partial charge in [-0.3, -0.25) is 0 Å².